The van der Waals surface area contributed by atoms with Crippen molar-refractivity contribution in [1.82, 2.24) is 9.55 Å². The topological polar surface area (TPSA) is 64.1 Å². The lowest BCUT2D eigenvalue weighted by Gasteiger charge is -2.07. The second-order valence-electron chi connectivity index (χ2n) is 2.28. The van der Waals surface area contributed by atoms with Crippen LogP contribution in [0.25, 0.3) is 0 Å². The maximum Gasteiger partial charge on any atom is 0.141 e. The van der Waals surface area contributed by atoms with Gasteiger partial charge in [-0.3, -0.25) is 0 Å². The van der Waals surface area contributed by atoms with Gasteiger partial charge in [-0.25, -0.2) is 4.98 Å². The number of nitrogens with two attached hydrogens (primary N) is 1. The first-order chi connectivity index (χ1) is 4.74. The molecule has 1 heterocycles. The predicted octanol–water partition coefficient (Wildman–Crippen LogP) is 0.0186. The monoisotopic (exact) mass is 141 g/mol. The molecule has 0 aliphatic heterocycles. The van der Waals surface area contributed by atoms with Gasteiger partial charge in [-0.15, -0.1) is 0 Å². The summed E-state index contributed by atoms with van der Waals surface area (Å²) >= 11 is 0. The molecule has 0 aliphatic rings. The number of anilines is 1. The molecule has 0 bridgehead atoms. The molecule has 0 aromatic carbocycles. The molecule has 10 heavy (non-hydrogen) atoms. The molecular formula is C6H11N3O. The number of hydrogen-bond donors (Lipinski definition) is 2. The van der Waals surface area contributed by atoms with Gasteiger partial charge in [-0.2, -0.15) is 0 Å². The van der Waals surface area contributed by atoms with Crippen molar-refractivity contribution < 1.29 is 5.11 Å². The maximum absolute atomic E-state index is 8.71. The van der Waals surface area contributed by atoms with Crippen LogP contribution in [-0.4, -0.2) is 21.3 Å². The van der Waals surface area contributed by atoms with Crippen LogP contribution < -0.4 is 5.73 Å². The molecular weight excluding hydrogens is 130 g/mol. The smallest absolute Gasteiger partial charge is 0.141 e. The van der Waals surface area contributed by atoms with Crippen LogP contribution in [0.5, 0.6) is 0 Å². The normalized spacial score (nSPS) is 13.4. The van der Waals surface area contributed by atoms with Crippen LogP contribution in [0.3, 0.4) is 0 Å². The number of aliphatic hydroxyl groups is 1. The van der Waals surface area contributed by atoms with Gasteiger partial charge in [0.25, 0.3) is 0 Å². The minimum absolute atomic E-state index is 0.0600. The van der Waals surface area contributed by atoms with Crippen LogP contribution in [-0.2, 0) is 0 Å². The lowest BCUT2D eigenvalue weighted by molar-refractivity contribution is 0.239. The highest BCUT2D eigenvalue weighted by atomic mass is 16.3. The molecule has 1 aromatic heterocycles. The fourth-order valence-corrected chi connectivity index (χ4v) is 0.688. The Hall–Kier alpha value is -1.03. The van der Waals surface area contributed by atoms with E-state index in [1.807, 2.05) is 6.92 Å². The van der Waals surface area contributed by atoms with Crippen LogP contribution in [0.15, 0.2) is 12.5 Å². The van der Waals surface area contributed by atoms with Gasteiger partial charge in [0.2, 0.25) is 0 Å². The van der Waals surface area contributed by atoms with Crippen molar-refractivity contribution in [2.45, 2.75) is 13.0 Å². The van der Waals surface area contributed by atoms with E-state index in [2.05, 4.69) is 4.98 Å². The minimum Gasteiger partial charge on any atom is -0.394 e. The number of nitrogen functional groups attached to an aromatic ring is 1. The largest absolute Gasteiger partial charge is 0.394 e. The summed E-state index contributed by atoms with van der Waals surface area (Å²) in [5.41, 5.74) is 5.36. The van der Waals surface area contributed by atoms with Crippen molar-refractivity contribution in [3.8, 4) is 0 Å². The van der Waals surface area contributed by atoms with E-state index in [0.29, 0.717) is 5.82 Å². The van der Waals surface area contributed by atoms with Crippen molar-refractivity contribution in [2.24, 2.45) is 0 Å². The summed E-state index contributed by atoms with van der Waals surface area (Å²) in [5.74, 6) is 0.486. The lowest BCUT2D eigenvalue weighted by Crippen LogP contribution is -2.06. The Morgan fingerprint density at radius 2 is 2.60 bits per heavy atom. The summed E-state index contributed by atoms with van der Waals surface area (Å²) in [5, 5.41) is 8.71. The molecule has 0 fully saturated rings. The highest BCUT2D eigenvalue weighted by Gasteiger charge is 2.01. The highest BCUT2D eigenvalue weighted by Crippen LogP contribution is 2.05. The molecule has 0 radical (unpaired) electrons. The van der Waals surface area contributed by atoms with Gasteiger partial charge in [0, 0.05) is 6.20 Å². The first-order valence-electron chi connectivity index (χ1n) is 3.14. The number of rotatable bonds is 2. The zero-order valence-corrected chi connectivity index (χ0v) is 5.86. The molecule has 0 amide bonds. The molecule has 1 atom stereocenters. The van der Waals surface area contributed by atoms with Gasteiger partial charge >= 0.3 is 0 Å². The summed E-state index contributed by atoms with van der Waals surface area (Å²) in [6, 6.07) is 0.0600. The molecule has 1 aromatic rings. The lowest BCUT2D eigenvalue weighted by atomic mass is 10.4. The number of nitrogens with zero attached hydrogens (tertiary/aromatic N) is 2. The second-order valence-corrected chi connectivity index (χ2v) is 2.28. The van der Waals surface area contributed by atoms with Crippen molar-refractivity contribution in [3.05, 3.63) is 12.5 Å². The van der Waals surface area contributed by atoms with Crippen LogP contribution in [0.2, 0.25) is 0 Å². The van der Waals surface area contributed by atoms with Gasteiger partial charge in [-0.05, 0) is 6.92 Å². The summed E-state index contributed by atoms with van der Waals surface area (Å²) in [7, 11) is 0. The molecule has 1 unspecified atom stereocenters. The van der Waals surface area contributed by atoms with Crippen molar-refractivity contribution in [3.63, 3.8) is 0 Å². The van der Waals surface area contributed by atoms with Crippen LogP contribution in [0, 0.1) is 0 Å². The molecule has 0 saturated carbocycles. The molecule has 1 rings (SSSR count). The summed E-state index contributed by atoms with van der Waals surface area (Å²) in [6.07, 6.45) is 3.30. The standard InChI is InChI=1S/C6H11N3O/c1-5(3-10)9-2-6(7)8-4-9/h2,4-5,10H,3,7H2,1H3. The third-order valence-electron chi connectivity index (χ3n) is 1.39. The van der Waals surface area contributed by atoms with Crippen LogP contribution in [0.1, 0.15) is 13.0 Å². The summed E-state index contributed by atoms with van der Waals surface area (Å²) < 4.78 is 1.77. The average molecular weight is 141 g/mol. The number of aromatic nitrogens is 2. The Kier molecular flexibility index (Phi) is 1.91. The van der Waals surface area contributed by atoms with E-state index < -0.39 is 0 Å². The number of hydrogen-bond acceptors (Lipinski definition) is 3. The van der Waals surface area contributed by atoms with E-state index in [-0.39, 0.29) is 12.6 Å². The van der Waals surface area contributed by atoms with Gasteiger partial charge < -0.3 is 15.4 Å². The molecule has 0 spiro atoms. The zero-order chi connectivity index (χ0) is 7.56. The Balaban J connectivity index is 2.74. The fourth-order valence-electron chi connectivity index (χ4n) is 0.688. The van der Waals surface area contributed by atoms with Gasteiger partial charge in [-0.1, -0.05) is 0 Å². The quantitative estimate of drug-likeness (QED) is 0.610. The molecule has 3 N–H and O–H groups in total. The van der Waals surface area contributed by atoms with Gasteiger partial charge in [0.1, 0.15) is 5.82 Å². The van der Waals surface area contributed by atoms with E-state index in [1.54, 1.807) is 17.1 Å². The van der Waals surface area contributed by atoms with Crippen molar-refractivity contribution in [2.75, 3.05) is 12.3 Å². The van der Waals surface area contributed by atoms with E-state index in [9.17, 15) is 0 Å². The average Bonchev–Trinajstić information content (AvgIpc) is 2.34. The van der Waals surface area contributed by atoms with Crippen LogP contribution in [0.4, 0.5) is 5.82 Å². The van der Waals surface area contributed by atoms with Crippen LogP contribution >= 0.6 is 0 Å². The fraction of sp³-hybridized carbons (Fsp3) is 0.500. The Morgan fingerprint density at radius 1 is 1.90 bits per heavy atom. The highest BCUT2D eigenvalue weighted by molar-refractivity contribution is 5.22. The van der Waals surface area contributed by atoms with E-state index in [0.717, 1.165) is 0 Å². The summed E-state index contributed by atoms with van der Waals surface area (Å²) in [6.45, 7) is 2.00. The Labute approximate surface area is 59.3 Å². The zero-order valence-electron chi connectivity index (χ0n) is 5.86. The van der Waals surface area contributed by atoms with Crippen molar-refractivity contribution in [1.29, 1.82) is 0 Å². The minimum atomic E-state index is 0.0600. The van der Waals surface area contributed by atoms with Gasteiger partial charge in [0.05, 0.1) is 19.0 Å². The molecule has 0 saturated heterocycles. The SMILES string of the molecule is CC(CO)n1cnc(N)c1. The third kappa shape index (κ3) is 1.27. The van der Waals surface area contributed by atoms with E-state index in [1.165, 1.54) is 0 Å². The van der Waals surface area contributed by atoms with Gasteiger partial charge in [0.15, 0.2) is 0 Å². The molecule has 0 aliphatic carbocycles. The molecule has 4 nitrogen and oxygen atoms in total. The molecule has 4 heteroatoms. The Morgan fingerprint density at radius 3 is 3.00 bits per heavy atom. The third-order valence-corrected chi connectivity index (χ3v) is 1.39. The van der Waals surface area contributed by atoms with E-state index in [4.69, 9.17) is 10.8 Å². The molecule has 56 valence electrons. The number of aliphatic hydroxyl groups excluding tert-OH is 1. The predicted molar refractivity (Wildman–Crippen MR) is 38.4 cm³/mol. The first-order valence-corrected chi connectivity index (χ1v) is 3.14. The van der Waals surface area contributed by atoms with Crippen molar-refractivity contribution >= 4 is 5.82 Å². The van der Waals surface area contributed by atoms with E-state index >= 15 is 0 Å². The Bertz CT molecular complexity index is 209. The second kappa shape index (κ2) is 2.70. The number of imidazole rings is 1. The first kappa shape index (κ1) is 7.08. The maximum atomic E-state index is 8.71. The summed E-state index contributed by atoms with van der Waals surface area (Å²) in [4.78, 5) is 3.82.